The molecule has 0 aliphatic rings. The Morgan fingerprint density at radius 1 is 1.41 bits per heavy atom. The Morgan fingerprint density at radius 2 is 2.14 bits per heavy atom. The summed E-state index contributed by atoms with van der Waals surface area (Å²) in [6, 6.07) is 2.55. The summed E-state index contributed by atoms with van der Waals surface area (Å²) in [4.78, 5) is 14.9. The third-order valence-electron chi connectivity index (χ3n) is 2.58. The highest BCUT2D eigenvalue weighted by Crippen LogP contribution is 2.27. The summed E-state index contributed by atoms with van der Waals surface area (Å²) in [6.07, 6.45) is -2.07. The molecular formula is C13H12F3N3O3. The molecular weight excluding hydrogens is 303 g/mol. The number of halogens is 3. The van der Waals surface area contributed by atoms with Crippen LogP contribution in [0.2, 0.25) is 0 Å². The fraction of sp³-hybridized carbons (Fsp3) is 0.308. The lowest BCUT2D eigenvalue weighted by atomic mass is 10.3. The molecule has 0 saturated carbocycles. The number of nitrogens with one attached hydrogen (secondary N) is 1. The summed E-state index contributed by atoms with van der Waals surface area (Å²) >= 11 is 0. The number of hydrogen-bond acceptors (Lipinski definition) is 5. The second kappa shape index (κ2) is 6.04. The van der Waals surface area contributed by atoms with E-state index < -0.39 is 23.9 Å². The Morgan fingerprint density at radius 3 is 2.68 bits per heavy atom. The zero-order valence-electron chi connectivity index (χ0n) is 11.6. The topological polar surface area (TPSA) is 81.2 Å². The van der Waals surface area contributed by atoms with Crippen LogP contribution in [0.4, 0.5) is 13.2 Å². The largest absolute Gasteiger partial charge is 0.462 e. The molecule has 118 valence electrons. The molecule has 2 aromatic heterocycles. The molecule has 0 radical (unpaired) electrons. The molecule has 0 aromatic carbocycles. The third-order valence-corrected chi connectivity index (χ3v) is 2.58. The summed E-state index contributed by atoms with van der Waals surface area (Å²) in [7, 11) is 0. The van der Waals surface area contributed by atoms with Gasteiger partial charge in [-0.25, -0.2) is 0 Å². The van der Waals surface area contributed by atoms with Gasteiger partial charge in [0.25, 0.3) is 5.82 Å². The maximum absolute atomic E-state index is 12.3. The molecule has 1 atom stereocenters. The van der Waals surface area contributed by atoms with Crippen LogP contribution in [0.15, 0.2) is 27.1 Å². The van der Waals surface area contributed by atoms with Gasteiger partial charge >= 0.3 is 6.18 Å². The van der Waals surface area contributed by atoms with Crippen LogP contribution in [-0.4, -0.2) is 16.0 Å². The highest BCUT2D eigenvalue weighted by atomic mass is 19.4. The predicted molar refractivity (Wildman–Crippen MR) is 68.3 cm³/mol. The fourth-order valence-corrected chi connectivity index (χ4v) is 1.55. The van der Waals surface area contributed by atoms with Gasteiger partial charge in [0.05, 0.1) is 0 Å². The summed E-state index contributed by atoms with van der Waals surface area (Å²) in [5, 5.41) is 5.22. The summed E-state index contributed by atoms with van der Waals surface area (Å²) < 4.78 is 46.7. The van der Waals surface area contributed by atoms with Crippen LogP contribution in [0.1, 0.15) is 36.2 Å². The van der Waals surface area contributed by atoms with Crippen molar-refractivity contribution in [1.29, 1.82) is 0 Å². The lowest BCUT2D eigenvalue weighted by molar-refractivity contribution is -0.146. The van der Waals surface area contributed by atoms with Gasteiger partial charge < -0.3 is 14.3 Å². The molecule has 0 aliphatic heterocycles. The van der Waals surface area contributed by atoms with Crippen molar-refractivity contribution < 1.29 is 26.9 Å². The predicted octanol–water partition coefficient (Wildman–Crippen LogP) is 2.88. The van der Waals surface area contributed by atoms with Crippen molar-refractivity contribution in [3.05, 3.63) is 41.4 Å². The van der Waals surface area contributed by atoms with E-state index in [1.54, 1.807) is 19.1 Å². The van der Waals surface area contributed by atoms with Crippen molar-refractivity contribution in [3.8, 4) is 0 Å². The number of hydrogen-bond donors (Lipinski definition) is 1. The Bertz CT molecular complexity index is 688. The van der Waals surface area contributed by atoms with Gasteiger partial charge in [-0.15, -0.1) is 0 Å². The van der Waals surface area contributed by atoms with Gasteiger partial charge in [0.2, 0.25) is 11.8 Å². The maximum Gasteiger partial charge on any atom is 0.455 e. The van der Waals surface area contributed by atoms with E-state index in [1.165, 1.54) is 19.1 Å². The van der Waals surface area contributed by atoms with Crippen LogP contribution in [0, 0.1) is 6.92 Å². The zero-order valence-corrected chi connectivity index (χ0v) is 11.6. The minimum Gasteiger partial charge on any atom is -0.462 e. The summed E-state index contributed by atoms with van der Waals surface area (Å²) in [5.41, 5.74) is 0. The smallest absolute Gasteiger partial charge is 0.455 e. The highest BCUT2D eigenvalue weighted by Gasteiger charge is 2.37. The van der Waals surface area contributed by atoms with Crippen molar-refractivity contribution in [2.45, 2.75) is 26.1 Å². The van der Waals surface area contributed by atoms with E-state index in [1.807, 2.05) is 0 Å². The highest BCUT2D eigenvalue weighted by molar-refractivity contribution is 5.91. The average Bonchev–Trinajstić information content (AvgIpc) is 3.04. The second-order valence-corrected chi connectivity index (χ2v) is 4.47. The molecule has 0 saturated heterocycles. The lowest BCUT2D eigenvalue weighted by Gasteiger charge is -2.06. The quantitative estimate of drug-likeness (QED) is 0.877. The van der Waals surface area contributed by atoms with Crippen molar-refractivity contribution in [2.24, 2.45) is 0 Å². The average molecular weight is 315 g/mol. The van der Waals surface area contributed by atoms with Gasteiger partial charge in [-0.3, -0.25) is 4.79 Å². The van der Waals surface area contributed by atoms with Crippen molar-refractivity contribution in [3.63, 3.8) is 0 Å². The molecule has 0 spiro atoms. The molecule has 0 fully saturated rings. The van der Waals surface area contributed by atoms with E-state index in [9.17, 15) is 18.0 Å². The van der Waals surface area contributed by atoms with Gasteiger partial charge in [0, 0.05) is 6.08 Å². The molecule has 2 heterocycles. The van der Waals surface area contributed by atoms with Gasteiger partial charge in [0.15, 0.2) is 0 Å². The first-order valence-corrected chi connectivity index (χ1v) is 6.21. The van der Waals surface area contributed by atoms with E-state index in [0.29, 0.717) is 11.5 Å². The zero-order chi connectivity index (χ0) is 16.3. The monoisotopic (exact) mass is 315 g/mol. The van der Waals surface area contributed by atoms with E-state index in [2.05, 4.69) is 20.0 Å². The van der Waals surface area contributed by atoms with Gasteiger partial charge in [-0.1, -0.05) is 5.16 Å². The number of rotatable bonds is 4. The van der Waals surface area contributed by atoms with Crippen molar-refractivity contribution in [2.75, 3.05) is 0 Å². The number of carbonyl (C=O) groups excluding carboxylic acids is 1. The molecule has 0 aliphatic carbocycles. The van der Waals surface area contributed by atoms with Crippen LogP contribution in [0.5, 0.6) is 0 Å². The molecule has 1 amide bonds. The first-order valence-electron chi connectivity index (χ1n) is 6.21. The van der Waals surface area contributed by atoms with Crippen molar-refractivity contribution >= 4 is 12.0 Å². The van der Waals surface area contributed by atoms with E-state index in [4.69, 9.17) is 4.42 Å². The van der Waals surface area contributed by atoms with Crippen LogP contribution in [0.25, 0.3) is 6.08 Å². The number of aryl methyl sites for hydroxylation is 1. The minimum absolute atomic E-state index is 0.331. The molecule has 22 heavy (non-hydrogen) atoms. The number of carbonyl (C=O) groups is 1. The van der Waals surface area contributed by atoms with E-state index in [-0.39, 0.29) is 5.89 Å². The number of nitrogens with zero attached hydrogens (tertiary/aromatic N) is 2. The molecule has 2 aromatic rings. The number of furan rings is 1. The maximum atomic E-state index is 12.3. The van der Waals surface area contributed by atoms with Crippen LogP contribution >= 0.6 is 0 Å². The standard InChI is InChI=1S/C13H12F3N3O3/c1-7-3-4-9(21-7)5-6-10(20)17-8(2)11-18-12(19-22-11)13(14,15)16/h3-6,8H,1-2H3,(H,17,20). The van der Waals surface area contributed by atoms with Crippen LogP contribution in [0.3, 0.4) is 0 Å². The molecule has 0 bridgehead atoms. The molecule has 6 nitrogen and oxygen atoms in total. The SMILES string of the molecule is Cc1ccc(C=CC(=O)NC(C)c2nc(C(F)(F)F)no2)o1. The summed E-state index contributed by atoms with van der Waals surface area (Å²) in [6.45, 7) is 3.18. The molecule has 1 unspecified atom stereocenters. The first kappa shape index (κ1) is 15.8. The third kappa shape index (κ3) is 3.96. The lowest BCUT2D eigenvalue weighted by Crippen LogP contribution is -2.25. The summed E-state index contributed by atoms with van der Waals surface area (Å²) in [5.74, 6) is -1.07. The normalized spacial score (nSPS) is 13.5. The van der Waals surface area contributed by atoms with Gasteiger partial charge in [-0.05, 0) is 32.1 Å². The molecule has 1 N–H and O–H groups in total. The Balaban J connectivity index is 1.96. The number of alkyl halides is 3. The Labute approximate surface area is 123 Å². The first-order chi connectivity index (χ1) is 10.3. The van der Waals surface area contributed by atoms with E-state index in [0.717, 1.165) is 0 Å². The number of aromatic nitrogens is 2. The van der Waals surface area contributed by atoms with Crippen LogP contribution < -0.4 is 5.32 Å². The van der Waals surface area contributed by atoms with Crippen LogP contribution in [-0.2, 0) is 11.0 Å². The molecule has 2 rings (SSSR count). The Hall–Kier alpha value is -2.58. The Kier molecular flexibility index (Phi) is 4.34. The number of amides is 1. The second-order valence-electron chi connectivity index (χ2n) is 4.47. The van der Waals surface area contributed by atoms with Crippen molar-refractivity contribution in [1.82, 2.24) is 15.5 Å². The fourth-order valence-electron chi connectivity index (χ4n) is 1.55. The minimum atomic E-state index is -4.69. The van der Waals surface area contributed by atoms with Gasteiger partial charge in [-0.2, -0.15) is 18.2 Å². The van der Waals surface area contributed by atoms with Gasteiger partial charge in [0.1, 0.15) is 17.6 Å². The van der Waals surface area contributed by atoms with E-state index >= 15 is 0 Å². The molecule has 9 heteroatoms.